The van der Waals surface area contributed by atoms with E-state index in [0.717, 1.165) is 31.2 Å². The van der Waals surface area contributed by atoms with Gasteiger partial charge in [0.2, 0.25) is 10.0 Å². The largest absolute Gasteiger partial charge is 0.493 e. The third-order valence-electron chi connectivity index (χ3n) is 5.50. The molecule has 1 fully saturated rings. The van der Waals surface area contributed by atoms with Gasteiger partial charge >= 0.3 is 0 Å². The number of ether oxygens (including phenoxy) is 2. The maximum Gasteiger partial charge on any atom is 0.253 e. The van der Waals surface area contributed by atoms with E-state index in [1.165, 1.54) is 10.4 Å². The van der Waals surface area contributed by atoms with Gasteiger partial charge in [-0.3, -0.25) is 4.79 Å². The smallest absolute Gasteiger partial charge is 0.253 e. The molecule has 1 amide bonds. The predicted octanol–water partition coefficient (Wildman–Crippen LogP) is 3.54. The van der Waals surface area contributed by atoms with Crippen molar-refractivity contribution in [2.45, 2.75) is 37.1 Å². The zero-order valence-corrected chi connectivity index (χ0v) is 19.2. The molecule has 0 unspecified atom stereocenters. The molecule has 7 nitrogen and oxygen atoms in total. The standard InChI is InChI=1S/C23H30N2O5S/c1-24(17-18-11-12-21(29-2)22(15-18)30-3)23(26)19-9-8-10-20(16-19)31(27,28)25-13-6-4-5-7-14-25/h8-12,15-16H,4-7,13-14,17H2,1-3H3. The predicted molar refractivity (Wildman–Crippen MR) is 119 cm³/mol. The molecule has 0 aliphatic carbocycles. The molecule has 31 heavy (non-hydrogen) atoms. The summed E-state index contributed by atoms with van der Waals surface area (Å²) in [5.41, 5.74) is 1.22. The molecule has 2 aromatic rings. The number of carbonyl (C=O) groups is 1. The van der Waals surface area contributed by atoms with Gasteiger partial charge in [-0.1, -0.05) is 25.0 Å². The molecule has 168 valence electrons. The van der Waals surface area contributed by atoms with Crippen LogP contribution < -0.4 is 9.47 Å². The van der Waals surface area contributed by atoms with Crippen LogP contribution in [0.5, 0.6) is 11.5 Å². The Morgan fingerprint density at radius 3 is 2.29 bits per heavy atom. The first-order chi connectivity index (χ1) is 14.9. The lowest BCUT2D eigenvalue weighted by molar-refractivity contribution is 0.0784. The number of hydrogen-bond acceptors (Lipinski definition) is 5. The van der Waals surface area contributed by atoms with Crippen molar-refractivity contribution in [3.8, 4) is 11.5 Å². The summed E-state index contributed by atoms with van der Waals surface area (Å²) < 4.78 is 38.3. The number of carbonyl (C=O) groups excluding carboxylic acids is 1. The first kappa shape index (κ1) is 23.1. The zero-order chi connectivity index (χ0) is 22.4. The molecule has 1 aliphatic heterocycles. The lowest BCUT2D eigenvalue weighted by atomic mass is 10.1. The van der Waals surface area contributed by atoms with E-state index < -0.39 is 10.0 Å². The van der Waals surface area contributed by atoms with Crippen LogP contribution in [0.25, 0.3) is 0 Å². The van der Waals surface area contributed by atoms with Crippen molar-refractivity contribution in [3.63, 3.8) is 0 Å². The van der Waals surface area contributed by atoms with E-state index in [2.05, 4.69) is 0 Å². The molecule has 0 bridgehead atoms. The summed E-state index contributed by atoms with van der Waals surface area (Å²) in [5.74, 6) is 0.959. The second-order valence-corrected chi connectivity index (χ2v) is 9.63. The van der Waals surface area contributed by atoms with Gasteiger partial charge in [0.15, 0.2) is 11.5 Å². The van der Waals surface area contributed by atoms with Crippen LogP contribution in [-0.2, 0) is 16.6 Å². The van der Waals surface area contributed by atoms with Crippen molar-refractivity contribution >= 4 is 15.9 Å². The Labute approximate surface area is 184 Å². The molecule has 1 saturated heterocycles. The molecular formula is C23H30N2O5S. The Kier molecular flexibility index (Phi) is 7.56. The maximum absolute atomic E-state index is 13.1. The highest BCUT2D eigenvalue weighted by Crippen LogP contribution is 2.28. The molecule has 0 radical (unpaired) electrons. The molecule has 1 heterocycles. The van der Waals surface area contributed by atoms with Crippen molar-refractivity contribution in [2.24, 2.45) is 0 Å². The quantitative estimate of drug-likeness (QED) is 0.650. The number of rotatable bonds is 7. The number of amides is 1. The number of sulfonamides is 1. The van der Waals surface area contributed by atoms with Crippen LogP contribution in [0.15, 0.2) is 47.4 Å². The van der Waals surface area contributed by atoms with Gasteiger partial charge in [0, 0.05) is 32.2 Å². The second kappa shape index (κ2) is 10.2. The first-order valence-electron chi connectivity index (χ1n) is 10.4. The van der Waals surface area contributed by atoms with Crippen molar-refractivity contribution in [3.05, 3.63) is 53.6 Å². The van der Waals surface area contributed by atoms with Crippen LogP contribution in [0.3, 0.4) is 0 Å². The van der Waals surface area contributed by atoms with E-state index in [1.54, 1.807) is 50.4 Å². The summed E-state index contributed by atoms with van der Waals surface area (Å²) in [7, 11) is 1.21. The van der Waals surface area contributed by atoms with Gasteiger partial charge in [-0.05, 0) is 48.7 Å². The molecule has 0 saturated carbocycles. The van der Waals surface area contributed by atoms with Gasteiger partial charge in [-0.15, -0.1) is 0 Å². The average Bonchev–Trinajstić information content (AvgIpc) is 3.08. The van der Waals surface area contributed by atoms with Gasteiger partial charge in [0.25, 0.3) is 5.91 Å². The summed E-state index contributed by atoms with van der Waals surface area (Å²) in [6.45, 7) is 1.40. The average molecular weight is 447 g/mol. The van der Waals surface area contributed by atoms with Crippen LogP contribution >= 0.6 is 0 Å². The SMILES string of the molecule is COc1ccc(CN(C)C(=O)c2cccc(S(=O)(=O)N3CCCCCC3)c2)cc1OC. The third kappa shape index (κ3) is 5.37. The molecule has 0 N–H and O–H groups in total. The monoisotopic (exact) mass is 446 g/mol. The van der Waals surface area contributed by atoms with Gasteiger partial charge < -0.3 is 14.4 Å². The summed E-state index contributed by atoms with van der Waals surface area (Å²) >= 11 is 0. The molecule has 1 aliphatic rings. The van der Waals surface area contributed by atoms with Crippen LogP contribution in [0, 0.1) is 0 Å². The Morgan fingerprint density at radius 1 is 0.968 bits per heavy atom. The minimum absolute atomic E-state index is 0.166. The van der Waals surface area contributed by atoms with Gasteiger partial charge in [0.1, 0.15) is 0 Å². The number of benzene rings is 2. The van der Waals surface area contributed by atoms with Gasteiger partial charge in [0.05, 0.1) is 19.1 Å². The first-order valence-corrected chi connectivity index (χ1v) is 11.9. The number of hydrogen-bond donors (Lipinski definition) is 0. The molecule has 0 spiro atoms. The molecule has 0 aromatic heterocycles. The van der Waals surface area contributed by atoms with Crippen LogP contribution in [0.2, 0.25) is 0 Å². The van der Waals surface area contributed by atoms with E-state index in [1.807, 2.05) is 12.1 Å². The Morgan fingerprint density at radius 2 is 1.65 bits per heavy atom. The topological polar surface area (TPSA) is 76.2 Å². The Bertz CT molecular complexity index is 1010. The highest BCUT2D eigenvalue weighted by atomic mass is 32.2. The van der Waals surface area contributed by atoms with Crippen molar-refractivity contribution < 1.29 is 22.7 Å². The fourth-order valence-electron chi connectivity index (χ4n) is 3.77. The van der Waals surface area contributed by atoms with Crippen molar-refractivity contribution in [1.29, 1.82) is 0 Å². The summed E-state index contributed by atoms with van der Waals surface area (Å²) in [6, 6.07) is 11.8. The molecule has 3 rings (SSSR count). The lowest BCUT2D eigenvalue weighted by Gasteiger charge is -2.21. The van der Waals surface area contributed by atoms with E-state index in [9.17, 15) is 13.2 Å². The van der Waals surface area contributed by atoms with Gasteiger partial charge in [-0.25, -0.2) is 8.42 Å². The van der Waals surface area contributed by atoms with E-state index in [4.69, 9.17) is 9.47 Å². The van der Waals surface area contributed by atoms with Crippen molar-refractivity contribution in [1.82, 2.24) is 9.21 Å². The highest BCUT2D eigenvalue weighted by Gasteiger charge is 2.26. The second-order valence-electron chi connectivity index (χ2n) is 7.70. The van der Waals surface area contributed by atoms with E-state index in [-0.39, 0.29) is 10.8 Å². The number of nitrogens with zero attached hydrogens (tertiary/aromatic N) is 2. The Hall–Kier alpha value is -2.58. The van der Waals surface area contributed by atoms with E-state index >= 15 is 0 Å². The molecular weight excluding hydrogens is 416 g/mol. The summed E-state index contributed by atoms with van der Waals surface area (Å²) in [4.78, 5) is 14.7. The van der Waals surface area contributed by atoms with Crippen molar-refractivity contribution in [2.75, 3.05) is 34.4 Å². The number of methoxy groups -OCH3 is 2. The molecule has 8 heteroatoms. The minimum Gasteiger partial charge on any atom is -0.493 e. The van der Waals surface area contributed by atoms with Gasteiger partial charge in [-0.2, -0.15) is 4.31 Å². The molecule has 2 aromatic carbocycles. The summed E-state index contributed by atoms with van der Waals surface area (Å²) in [6.07, 6.45) is 3.83. The fraction of sp³-hybridized carbons (Fsp3) is 0.435. The normalized spacial score (nSPS) is 15.2. The maximum atomic E-state index is 13.1. The fourth-order valence-corrected chi connectivity index (χ4v) is 5.33. The van der Waals surface area contributed by atoms with Crippen LogP contribution in [0.4, 0.5) is 0 Å². The summed E-state index contributed by atoms with van der Waals surface area (Å²) in [5, 5.41) is 0. The minimum atomic E-state index is -3.61. The van der Waals surface area contributed by atoms with E-state index in [0.29, 0.717) is 36.7 Å². The van der Waals surface area contributed by atoms with Crippen LogP contribution in [-0.4, -0.2) is 57.9 Å². The lowest BCUT2D eigenvalue weighted by Crippen LogP contribution is -2.32. The highest BCUT2D eigenvalue weighted by molar-refractivity contribution is 7.89. The van der Waals surface area contributed by atoms with Crippen LogP contribution in [0.1, 0.15) is 41.6 Å². The zero-order valence-electron chi connectivity index (χ0n) is 18.3. The Balaban J connectivity index is 1.77. The third-order valence-corrected chi connectivity index (χ3v) is 7.39. The molecule has 0 atom stereocenters.